The number of aliphatic carboxylic acids is 1. The van der Waals surface area contributed by atoms with Gasteiger partial charge in [0.15, 0.2) is 6.10 Å². The van der Waals surface area contributed by atoms with Crippen molar-refractivity contribution in [2.24, 2.45) is 0 Å². The number of carbonyl (C=O) groups excluding carboxylic acids is 2. The summed E-state index contributed by atoms with van der Waals surface area (Å²) in [6.45, 7) is 4.84. The van der Waals surface area contributed by atoms with Gasteiger partial charge >= 0.3 is 17.9 Å². The fourth-order valence-electron chi connectivity index (χ4n) is 12.6. The topological polar surface area (TPSA) is 108 Å². The predicted molar refractivity (Wildman–Crippen MR) is 420 cm³/mol. The molecule has 0 radical (unpaired) electrons. The summed E-state index contributed by atoms with van der Waals surface area (Å²) in [6, 6.07) is 0. The number of ether oxygens (including phenoxy) is 4. The van der Waals surface area contributed by atoms with E-state index in [2.05, 4.69) is 86.8 Å². The highest BCUT2D eigenvalue weighted by molar-refractivity contribution is 5.71. The van der Waals surface area contributed by atoms with E-state index in [0.717, 1.165) is 77.0 Å². The molecule has 9 nitrogen and oxygen atoms in total. The maximum atomic E-state index is 13.0. The summed E-state index contributed by atoms with van der Waals surface area (Å²) in [5, 5.41) is 9.78. The number of rotatable bonds is 79. The summed E-state index contributed by atoms with van der Waals surface area (Å²) < 4.78 is 23.1. The number of carboxylic acid groups (broad SMARTS) is 1. The zero-order valence-electron chi connectivity index (χ0n) is 65.0. The Hall–Kier alpha value is -3.27. The third-order valence-electron chi connectivity index (χ3n) is 19.0. The van der Waals surface area contributed by atoms with Gasteiger partial charge in [0.05, 0.1) is 34.4 Å². The van der Waals surface area contributed by atoms with Crippen molar-refractivity contribution in [3.05, 3.63) is 72.9 Å². The van der Waals surface area contributed by atoms with Crippen LogP contribution < -0.4 is 0 Å². The minimum Gasteiger partial charge on any atom is -0.477 e. The number of carbonyl (C=O) groups is 3. The molecule has 566 valence electrons. The Morgan fingerprint density at radius 2 is 0.588 bits per heavy atom. The van der Waals surface area contributed by atoms with E-state index < -0.39 is 18.4 Å². The second-order valence-electron chi connectivity index (χ2n) is 29.8. The molecule has 0 aliphatic rings. The van der Waals surface area contributed by atoms with Crippen LogP contribution in [0.5, 0.6) is 0 Å². The Morgan fingerprint density at radius 1 is 0.320 bits per heavy atom. The van der Waals surface area contributed by atoms with Crippen molar-refractivity contribution in [3.63, 3.8) is 0 Å². The smallest absolute Gasteiger partial charge is 0.361 e. The average Bonchev–Trinajstić information content (AvgIpc) is 3.11. The number of nitrogens with zero attached hydrogens (tertiary/aromatic N) is 1. The standard InChI is InChI=1S/C88H161NO8/c1-6-8-10-12-14-16-18-20-22-24-26-28-30-32-34-36-38-40-42-43-45-47-49-51-53-55-57-59-61-63-65-67-69-71-73-75-77-79-86(91)97-84(83-96-88(87(92)93)94-81-80-89(3,4)5)82-95-85(90)78-76-74-72-70-68-66-64-62-60-58-56-54-52-50-48-46-44-41-39-37-35-33-31-29-27-25-23-21-19-17-15-13-11-9-7-2/h8,10,14,16,20,22,26,28,32,34,38,40,84,88H,6-7,9,11-13,15,17-19,21,23-25,27,29-31,33,35-37,39,41-83H2,1-5H3/p+1/b10-8-,16-14-,22-20-,28-26-,34-32-,40-38-. The van der Waals surface area contributed by atoms with Gasteiger partial charge in [0.25, 0.3) is 6.29 Å². The van der Waals surface area contributed by atoms with Crippen molar-refractivity contribution < 1.29 is 42.9 Å². The van der Waals surface area contributed by atoms with Crippen LogP contribution in [0, 0.1) is 0 Å². The highest BCUT2D eigenvalue weighted by Crippen LogP contribution is 2.20. The molecule has 0 aliphatic carbocycles. The summed E-state index contributed by atoms with van der Waals surface area (Å²) in [5.41, 5.74) is 0. The van der Waals surface area contributed by atoms with Crippen LogP contribution in [0.15, 0.2) is 72.9 Å². The molecule has 0 rings (SSSR count). The molecule has 0 saturated heterocycles. The molecule has 0 saturated carbocycles. The molecule has 9 heteroatoms. The van der Waals surface area contributed by atoms with E-state index in [-0.39, 0.29) is 38.2 Å². The third kappa shape index (κ3) is 79.9. The maximum Gasteiger partial charge on any atom is 0.361 e. The van der Waals surface area contributed by atoms with E-state index in [1.54, 1.807) is 0 Å². The molecule has 0 spiro atoms. The number of quaternary nitrogens is 1. The van der Waals surface area contributed by atoms with Gasteiger partial charge in [-0.05, 0) is 64.2 Å². The molecule has 2 unspecified atom stereocenters. The normalized spacial score (nSPS) is 13.0. The number of esters is 2. The van der Waals surface area contributed by atoms with Gasteiger partial charge in [-0.3, -0.25) is 9.59 Å². The van der Waals surface area contributed by atoms with Crippen LogP contribution in [0.3, 0.4) is 0 Å². The molecular weight excluding hydrogens is 1200 g/mol. The fraction of sp³-hybridized carbons (Fsp3) is 0.830. The molecule has 0 aromatic rings. The van der Waals surface area contributed by atoms with Gasteiger partial charge in [0.2, 0.25) is 0 Å². The molecule has 1 N–H and O–H groups in total. The Balaban J connectivity index is 3.96. The third-order valence-corrected chi connectivity index (χ3v) is 19.0. The number of likely N-dealkylation sites (N-methyl/N-ethyl adjacent to an activating group) is 1. The van der Waals surface area contributed by atoms with Crippen LogP contribution in [0.4, 0.5) is 0 Å². The first kappa shape index (κ1) is 93.7. The van der Waals surface area contributed by atoms with Crippen molar-refractivity contribution in [2.75, 3.05) is 47.5 Å². The summed E-state index contributed by atoms with van der Waals surface area (Å²) in [7, 11) is 6.00. The Morgan fingerprint density at radius 3 is 0.876 bits per heavy atom. The lowest BCUT2D eigenvalue weighted by Gasteiger charge is -2.25. The Bertz CT molecular complexity index is 1830. The SMILES string of the molecule is CC/C=C\C/C=C\C/C=C\C/C=C\C/C=C\C/C=C\CCCCCCCCCCCCCCCCCCCCC(=O)OC(COC(=O)CCCCCCCCCCCCCCCCCCCCCCCCCCCCCCCCCCCCC)COC(OCC[N+](C)(C)C)C(=O)O. The number of hydrogen-bond donors (Lipinski definition) is 1. The zero-order valence-corrected chi connectivity index (χ0v) is 65.0. The molecule has 0 fully saturated rings. The first-order valence-corrected chi connectivity index (χ1v) is 42.1. The van der Waals surface area contributed by atoms with Crippen LogP contribution in [0.25, 0.3) is 0 Å². The monoisotopic (exact) mass is 1360 g/mol. The second kappa shape index (κ2) is 78.4. The maximum absolute atomic E-state index is 13.0. The molecule has 0 aliphatic heterocycles. The largest absolute Gasteiger partial charge is 0.477 e. The molecule has 0 aromatic carbocycles. The van der Waals surface area contributed by atoms with E-state index in [0.29, 0.717) is 17.4 Å². The quantitative estimate of drug-likeness (QED) is 0.0211. The van der Waals surface area contributed by atoms with Crippen molar-refractivity contribution in [1.82, 2.24) is 0 Å². The molecular formula is C88H162NO8+. The van der Waals surface area contributed by atoms with E-state index in [4.69, 9.17) is 18.9 Å². The van der Waals surface area contributed by atoms with Crippen molar-refractivity contribution in [2.45, 2.75) is 424 Å². The average molecular weight is 1360 g/mol. The van der Waals surface area contributed by atoms with Crippen LogP contribution in [0.2, 0.25) is 0 Å². The predicted octanol–water partition coefficient (Wildman–Crippen LogP) is 27.2. The van der Waals surface area contributed by atoms with Gasteiger partial charge in [-0.25, -0.2) is 4.79 Å². The molecule has 97 heavy (non-hydrogen) atoms. The molecule has 0 aromatic heterocycles. The fourth-order valence-corrected chi connectivity index (χ4v) is 12.6. The Kier molecular flexibility index (Phi) is 75.8. The number of unbranched alkanes of at least 4 members (excludes halogenated alkanes) is 52. The zero-order chi connectivity index (χ0) is 70.4. The van der Waals surface area contributed by atoms with Crippen molar-refractivity contribution in [1.29, 1.82) is 0 Å². The molecule has 0 heterocycles. The number of allylic oxidation sites excluding steroid dienone is 12. The minimum atomic E-state index is -1.51. The van der Waals surface area contributed by atoms with Gasteiger partial charge in [-0.1, -0.05) is 408 Å². The van der Waals surface area contributed by atoms with Crippen molar-refractivity contribution >= 4 is 17.9 Å². The van der Waals surface area contributed by atoms with Gasteiger partial charge in [0, 0.05) is 12.8 Å². The minimum absolute atomic E-state index is 0.177. The van der Waals surface area contributed by atoms with E-state index in [1.165, 1.54) is 308 Å². The van der Waals surface area contributed by atoms with Crippen LogP contribution in [-0.4, -0.2) is 87.4 Å². The van der Waals surface area contributed by atoms with E-state index in [1.807, 2.05) is 21.1 Å². The van der Waals surface area contributed by atoms with Crippen LogP contribution in [-0.2, 0) is 33.3 Å². The molecule has 0 bridgehead atoms. The summed E-state index contributed by atoms with van der Waals surface area (Å²) in [5.74, 6) is -1.98. The molecule has 0 amide bonds. The highest BCUT2D eigenvalue weighted by Gasteiger charge is 2.25. The summed E-state index contributed by atoms with van der Waals surface area (Å²) in [6.07, 6.45) is 104. The summed E-state index contributed by atoms with van der Waals surface area (Å²) in [4.78, 5) is 37.8. The van der Waals surface area contributed by atoms with Gasteiger partial charge < -0.3 is 28.5 Å². The van der Waals surface area contributed by atoms with Gasteiger partial charge in [-0.2, -0.15) is 0 Å². The second-order valence-corrected chi connectivity index (χ2v) is 29.8. The molecule has 2 atom stereocenters. The lowest BCUT2D eigenvalue weighted by atomic mass is 10.0. The number of hydrogen-bond acceptors (Lipinski definition) is 7. The van der Waals surface area contributed by atoms with E-state index in [9.17, 15) is 19.5 Å². The van der Waals surface area contributed by atoms with Gasteiger partial charge in [-0.15, -0.1) is 0 Å². The lowest BCUT2D eigenvalue weighted by molar-refractivity contribution is -0.870. The first-order chi connectivity index (χ1) is 47.6. The Labute approximate surface area is 602 Å². The highest BCUT2D eigenvalue weighted by atomic mass is 16.7. The van der Waals surface area contributed by atoms with Crippen molar-refractivity contribution in [3.8, 4) is 0 Å². The first-order valence-electron chi connectivity index (χ1n) is 42.1. The van der Waals surface area contributed by atoms with Crippen LogP contribution >= 0.6 is 0 Å². The van der Waals surface area contributed by atoms with E-state index >= 15 is 0 Å². The lowest BCUT2D eigenvalue weighted by Crippen LogP contribution is -2.40. The van der Waals surface area contributed by atoms with Crippen LogP contribution in [0.1, 0.15) is 412 Å². The summed E-state index contributed by atoms with van der Waals surface area (Å²) >= 11 is 0. The number of carboxylic acids is 1. The van der Waals surface area contributed by atoms with Gasteiger partial charge in [0.1, 0.15) is 13.2 Å².